The molecule has 0 aromatic heterocycles. The van der Waals surface area contributed by atoms with Crippen molar-refractivity contribution in [2.45, 2.75) is 0 Å². The molecule has 2 amide bonds. The summed E-state index contributed by atoms with van der Waals surface area (Å²) < 4.78 is 18.4. The average molecular weight is 290 g/mol. The number of hydrogen-bond acceptors (Lipinski definition) is 4. The molecule has 3 rings (SSSR count). The van der Waals surface area contributed by atoms with E-state index in [0.717, 1.165) is 4.90 Å². The van der Waals surface area contributed by atoms with E-state index < -0.39 is 0 Å². The lowest BCUT2D eigenvalue weighted by molar-refractivity contribution is -0.136. The average Bonchev–Trinajstić information content (AvgIpc) is 2.73. The minimum atomic E-state index is -0.377. The third-order valence-electron chi connectivity index (χ3n) is 3.72. The number of morpholine rings is 1. The van der Waals surface area contributed by atoms with Gasteiger partial charge >= 0.3 is 0 Å². The van der Waals surface area contributed by atoms with E-state index >= 15 is 0 Å². The first-order chi connectivity index (χ1) is 10.1. The lowest BCUT2D eigenvalue weighted by atomic mass is 10.0. The summed E-state index contributed by atoms with van der Waals surface area (Å²) in [7, 11) is 1.46. The molecule has 0 radical (unpaired) electrons. The van der Waals surface area contributed by atoms with E-state index in [2.05, 4.69) is 0 Å². The van der Waals surface area contributed by atoms with E-state index in [0.29, 0.717) is 43.1 Å². The molecule has 2 aliphatic rings. The van der Waals surface area contributed by atoms with E-state index in [1.54, 1.807) is 0 Å². The molecule has 0 saturated carbocycles. The number of amides is 2. The van der Waals surface area contributed by atoms with Crippen LogP contribution in [0.4, 0.5) is 4.39 Å². The summed E-state index contributed by atoms with van der Waals surface area (Å²) in [6.45, 7) is 2.16. The summed E-state index contributed by atoms with van der Waals surface area (Å²) in [4.78, 5) is 27.7. The molecule has 0 bridgehead atoms. The third kappa shape index (κ3) is 2.31. The van der Waals surface area contributed by atoms with Crippen molar-refractivity contribution in [3.05, 3.63) is 41.3 Å². The summed E-state index contributed by atoms with van der Waals surface area (Å²) in [6.07, 6.45) is 0. The Morgan fingerprint density at radius 1 is 1.05 bits per heavy atom. The topological polar surface area (TPSA) is 49.9 Å². The quantitative estimate of drug-likeness (QED) is 0.758. The van der Waals surface area contributed by atoms with Crippen molar-refractivity contribution < 1.29 is 18.7 Å². The number of rotatable bonds is 2. The van der Waals surface area contributed by atoms with Gasteiger partial charge < -0.3 is 9.64 Å². The van der Waals surface area contributed by atoms with Gasteiger partial charge in [0.05, 0.1) is 18.8 Å². The molecule has 6 heteroatoms. The minimum absolute atomic E-state index is 0.318. The predicted octanol–water partition coefficient (Wildman–Crippen LogP) is 0.868. The molecule has 0 spiro atoms. The Balaban J connectivity index is 2.09. The van der Waals surface area contributed by atoms with Crippen LogP contribution in [-0.4, -0.2) is 55.0 Å². The number of likely N-dealkylation sites (N-methyl/N-ethyl adjacent to an activating group) is 1. The van der Waals surface area contributed by atoms with Crippen LogP contribution < -0.4 is 0 Å². The Morgan fingerprint density at radius 3 is 2.29 bits per heavy atom. The first-order valence-electron chi connectivity index (χ1n) is 6.75. The zero-order valence-corrected chi connectivity index (χ0v) is 11.6. The van der Waals surface area contributed by atoms with Gasteiger partial charge in [0.25, 0.3) is 11.8 Å². The maximum atomic E-state index is 13.1. The van der Waals surface area contributed by atoms with Crippen LogP contribution in [0.15, 0.2) is 30.0 Å². The highest BCUT2D eigenvalue weighted by atomic mass is 19.1. The minimum Gasteiger partial charge on any atom is -0.378 e. The van der Waals surface area contributed by atoms with Crippen LogP contribution in [0.25, 0.3) is 5.57 Å². The van der Waals surface area contributed by atoms with Crippen LogP contribution in [0, 0.1) is 5.82 Å². The molecule has 0 aliphatic carbocycles. The van der Waals surface area contributed by atoms with Crippen molar-refractivity contribution in [3.63, 3.8) is 0 Å². The Labute approximate surface area is 121 Å². The van der Waals surface area contributed by atoms with E-state index in [9.17, 15) is 14.0 Å². The molecule has 1 aromatic rings. The summed E-state index contributed by atoms with van der Waals surface area (Å²) in [5.41, 5.74) is 1.28. The Morgan fingerprint density at radius 2 is 1.67 bits per heavy atom. The molecule has 1 saturated heterocycles. The van der Waals surface area contributed by atoms with Crippen LogP contribution >= 0.6 is 0 Å². The van der Waals surface area contributed by atoms with Crippen molar-refractivity contribution in [2.75, 3.05) is 33.4 Å². The number of hydrogen-bond donors (Lipinski definition) is 0. The highest BCUT2D eigenvalue weighted by Crippen LogP contribution is 2.31. The van der Waals surface area contributed by atoms with E-state index in [1.165, 1.54) is 31.3 Å². The fraction of sp³-hybridized carbons (Fsp3) is 0.333. The van der Waals surface area contributed by atoms with Gasteiger partial charge in [-0.15, -0.1) is 0 Å². The van der Waals surface area contributed by atoms with Crippen molar-refractivity contribution >= 4 is 17.4 Å². The van der Waals surface area contributed by atoms with Gasteiger partial charge in [0, 0.05) is 20.1 Å². The number of carbonyl (C=O) groups is 2. The van der Waals surface area contributed by atoms with E-state index in [1.807, 2.05) is 4.90 Å². The number of ether oxygens (including phenoxy) is 1. The summed E-state index contributed by atoms with van der Waals surface area (Å²) in [6, 6.07) is 5.62. The molecule has 1 aromatic carbocycles. The summed E-state index contributed by atoms with van der Waals surface area (Å²) >= 11 is 0. The van der Waals surface area contributed by atoms with Gasteiger partial charge in [0.1, 0.15) is 11.5 Å². The number of carbonyl (C=O) groups excluding carboxylic acids is 2. The standard InChI is InChI=1S/C15H15FN2O3/c1-17-14(19)12(10-2-4-11(16)5-3-10)13(15(17)20)18-6-8-21-9-7-18/h2-5H,6-9H2,1H3. The first-order valence-corrected chi connectivity index (χ1v) is 6.75. The fourth-order valence-corrected chi connectivity index (χ4v) is 2.58. The van der Waals surface area contributed by atoms with Gasteiger partial charge in [0.15, 0.2) is 0 Å². The molecule has 0 unspecified atom stereocenters. The maximum absolute atomic E-state index is 13.1. The molecule has 1 fully saturated rings. The van der Waals surface area contributed by atoms with Crippen LogP contribution in [0.5, 0.6) is 0 Å². The van der Waals surface area contributed by atoms with Crippen LogP contribution in [0.2, 0.25) is 0 Å². The van der Waals surface area contributed by atoms with Crippen molar-refractivity contribution in [2.24, 2.45) is 0 Å². The van der Waals surface area contributed by atoms with Crippen LogP contribution in [0.1, 0.15) is 5.56 Å². The summed E-state index contributed by atoms with van der Waals surface area (Å²) in [5.74, 6) is -1.05. The zero-order valence-electron chi connectivity index (χ0n) is 11.6. The molecule has 2 aliphatic heterocycles. The van der Waals surface area contributed by atoms with Gasteiger partial charge in [-0.2, -0.15) is 0 Å². The van der Waals surface area contributed by atoms with E-state index in [-0.39, 0.29) is 17.6 Å². The molecule has 21 heavy (non-hydrogen) atoms. The first kappa shape index (κ1) is 13.8. The number of nitrogens with zero attached hydrogens (tertiary/aromatic N) is 2. The third-order valence-corrected chi connectivity index (χ3v) is 3.72. The molecule has 0 N–H and O–H groups in total. The largest absolute Gasteiger partial charge is 0.378 e. The highest BCUT2D eigenvalue weighted by Gasteiger charge is 2.39. The Kier molecular flexibility index (Phi) is 3.47. The fourth-order valence-electron chi connectivity index (χ4n) is 2.58. The van der Waals surface area contributed by atoms with Gasteiger partial charge in [-0.25, -0.2) is 4.39 Å². The molecule has 5 nitrogen and oxygen atoms in total. The van der Waals surface area contributed by atoms with Crippen molar-refractivity contribution in [1.29, 1.82) is 0 Å². The molecule has 0 atom stereocenters. The zero-order chi connectivity index (χ0) is 15.0. The van der Waals surface area contributed by atoms with E-state index in [4.69, 9.17) is 4.74 Å². The SMILES string of the molecule is CN1C(=O)C(c2ccc(F)cc2)=C(N2CCOCC2)C1=O. The van der Waals surface area contributed by atoms with Gasteiger partial charge in [-0.05, 0) is 17.7 Å². The second-order valence-electron chi connectivity index (χ2n) is 5.00. The Hall–Kier alpha value is -2.21. The second-order valence-corrected chi connectivity index (χ2v) is 5.00. The lowest BCUT2D eigenvalue weighted by Crippen LogP contribution is -2.39. The maximum Gasteiger partial charge on any atom is 0.277 e. The molecular formula is C15H15FN2O3. The molecule has 110 valence electrons. The van der Waals surface area contributed by atoms with Crippen LogP contribution in [0.3, 0.4) is 0 Å². The van der Waals surface area contributed by atoms with Gasteiger partial charge in [-0.3, -0.25) is 14.5 Å². The number of halogens is 1. The van der Waals surface area contributed by atoms with Crippen LogP contribution in [-0.2, 0) is 14.3 Å². The monoisotopic (exact) mass is 290 g/mol. The van der Waals surface area contributed by atoms with Gasteiger partial charge in [-0.1, -0.05) is 12.1 Å². The summed E-state index contributed by atoms with van der Waals surface area (Å²) in [5, 5.41) is 0. The predicted molar refractivity (Wildman–Crippen MR) is 73.5 cm³/mol. The van der Waals surface area contributed by atoms with Crippen molar-refractivity contribution in [3.8, 4) is 0 Å². The second kappa shape index (κ2) is 5.29. The van der Waals surface area contributed by atoms with Crippen molar-refractivity contribution in [1.82, 2.24) is 9.80 Å². The molecular weight excluding hydrogens is 275 g/mol. The highest BCUT2D eigenvalue weighted by molar-refractivity contribution is 6.35. The normalized spacial score (nSPS) is 19.7. The molecule has 2 heterocycles. The smallest absolute Gasteiger partial charge is 0.277 e. The number of benzene rings is 1. The number of imide groups is 1. The van der Waals surface area contributed by atoms with Gasteiger partial charge in [0.2, 0.25) is 0 Å². The Bertz CT molecular complexity index is 618. The lowest BCUT2D eigenvalue weighted by Gasteiger charge is -2.29.